The Kier molecular flexibility index (Phi) is 6.91. The maximum atomic E-state index is 12.2. The van der Waals surface area contributed by atoms with Crippen molar-refractivity contribution in [3.8, 4) is 0 Å². The van der Waals surface area contributed by atoms with Crippen LogP contribution in [-0.2, 0) is 23.5 Å². The molecule has 3 fully saturated rings. The summed E-state index contributed by atoms with van der Waals surface area (Å²) in [6.45, 7) is 16.9. The van der Waals surface area contributed by atoms with Crippen molar-refractivity contribution >= 4 is 20.3 Å². The second-order valence-corrected chi connectivity index (χ2v) is 18.0. The molecule has 0 spiro atoms. The number of hydrogen-bond acceptors (Lipinski definition) is 5. The summed E-state index contributed by atoms with van der Waals surface area (Å²) in [7, 11) is -1.83. The minimum absolute atomic E-state index is 0.0203. The average Bonchev–Trinajstić information content (AvgIpc) is 3.01. The number of ether oxygens (including phenoxy) is 2. The minimum Gasteiger partial charge on any atom is -0.462 e. The van der Waals surface area contributed by atoms with Gasteiger partial charge in [0.25, 0.3) is 0 Å². The first-order chi connectivity index (χ1) is 15.7. The van der Waals surface area contributed by atoms with Gasteiger partial charge in [-0.05, 0) is 86.9 Å². The Morgan fingerprint density at radius 3 is 2.29 bits per heavy atom. The molecule has 4 aliphatic rings. The van der Waals surface area contributed by atoms with Gasteiger partial charge >= 0.3 is 11.9 Å². The minimum atomic E-state index is -1.83. The summed E-state index contributed by atoms with van der Waals surface area (Å²) in [6, 6.07) is 0. The van der Waals surface area contributed by atoms with Crippen molar-refractivity contribution in [3.63, 3.8) is 0 Å². The smallest absolute Gasteiger partial charge is 0.303 e. The van der Waals surface area contributed by atoms with Crippen LogP contribution in [0.4, 0.5) is 0 Å². The molecule has 34 heavy (non-hydrogen) atoms. The van der Waals surface area contributed by atoms with Crippen molar-refractivity contribution in [3.05, 3.63) is 11.6 Å². The molecule has 8 atom stereocenters. The first kappa shape index (κ1) is 25.9. The van der Waals surface area contributed by atoms with E-state index < -0.39 is 8.32 Å². The lowest BCUT2D eigenvalue weighted by Crippen LogP contribution is -2.53. The summed E-state index contributed by atoms with van der Waals surface area (Å²) in [6.07, 6.45) is 9.78. The van der Waals surface area contributed by atoms with E-state index in [4.69, 9.17) is 13.9 Å². The molecule has 0 aliphatic heterocycles. The fourth-order valence-electron chi connectivity index (χ4n) is 7.58. The molecule has 0 aromatic rings. The Morgan fingerprint density at radius 2 is 1.68 bits per heavy atom. The molecule has 0 aromatic carbocycles. The lowest BCUT2D eigenvalue weighted by molar-refractivity contribution is -0.162. The van der Waals surface area contributed by atoms with Gasteiger partial charge in [0.15, 0.2) is 8.32 Å². The largest absolute Gasteiger partial charge is 0.462 e. The topological polar surface area (TPSA) is 61.8 Å². The predicted molar refractivity (Wildman–Crippen MR) is 136 cm³/mol. The Balaban J connectivity index is 1.59. The first-order valence-electron chi connectivity index (χ1n) is 13.5. The molecular weight excluding hydrogens is 444 g/mol. The Labute approximate surface area is 207 Å². The van der Waals surface area contributed by atoms with Gasteiger partial charge < -0.3 is 13.9 Å². The van der Waals surface area contributed by atoms with E-state index in [1.54, 1.807) is 0 Å². The van der Waals surface area contributed by atoms with E-state index in [1.807, 2.05) is 0 Å². The fraction of sp³-hybridized carbons (Fsp3) is 0.857. The third-order valence-corrected chi connectivity index (χ3v) is 14.7. The molecule has 4 unspecified atom stereocenters. The van der Waals surface area contributed by atoms with E-state index in [9.17, 15) is 9.59 Å². The summed E-state index contributed by atoms with van der Waals surface area (Å²) in [4.78, 5) is 23.9. The Morgan fingerprint density at radius 1 is 1.00 bits per heavy atom. The Bertz CT molecular complexity index is 842. The van der Waals surface area contributed by atoms with Crippen molar-refractivity contribution in [2.24, 2.45) is 29.1 Å². The average molecular weight is 491 g/mol. The molecule has 0 heterocycles. The molecule has 4 rings (SSSR count). The highest BCUT2D eigenvalue weighted by atomic mass is 28.4. The monoisotopic (exact) mass is 490 g/mol. The van der Waals surface area contributed by atoms with Gasteiger partial charge in [0.2, 0.25) is 0 Å². The van der Waals surface area contributed by atoms with Gasteiger partial charge in [-0.15, -0.1) is 0 Å². The number of rotatable bonds is 4. The summed E-state index contributed by atoms with van der Waals surface area (Å²) in [5.41, 5.74) is 1.43. The summed E-state index contributed by atoms with van der Waals surface area (Å²) in [5.74, 6) is 1.44. The van der Waals surface area contributed by atoms with Gasteiger partial charge in [-0.2, -0.15) is 0 Å². The molecular formula is C28H46O5Si. The zero-order chi connectivity index (χ0) is 25.1. The van der Waals surface area contributed by atoms with Gasteiger partial charge in [0, 0.05) is 31.3 Å². The second kappa shape index (κ2) is 9.06. The van der Waals surface area contributed by atoms with Gasteiger partial charge in [0.1, 0.15) is 12.2 Å². The molecule has 3 saturated carbocycles. The highest BCUT2D eigenvalue weighted by Crippen LogP contribution is 2.62. The van der Waals surface area contributed by atoms with Gasteiger partial charge in [-0.25, -0.2) is 0 Å². The Hall–Kier alpha value is -1.14. The second-order valence-electron chi connectivity index (χ2n) is 13.3. The zero-order valence-corrected chi connectivity index (χ0v) is 23.6. The highest BCUT2D eigenvalue weighted by Gasteiger charge is 2.60. The van der Waals surface area contributed by atoms with Gasteiger partial charge in [-0.1, -0.05) is 33.3 Å². The van der Waals surface area contributed by atoms with Crippen molar-refractivity contribution < 1.29 is 23.5 Å². The van der Waals surface area contributed by atoms with Crippen LogP contribution >= 0.6 is 0 Å². The third-order valence-electron chi connectivity index (χ3n) is 10.2. The van der Waals surface area contributed by atoms with Crippen molar-refractivity contribution in [1.82, 2.24) is 0 Å². The zero-order valence-electron chi connectivity index (χ0n) is 22.6. The summed E-state index contributed by atoms with van der Waals surface area (Å²) in [5, 5.41) is 0.199. The van der Waals surface area contributed by atoms with Crippen LogP contribution in [0.2, 0.25) is 18.1 Å². The van der Waals surface area contributed by atoms with Crippen LogP contribution < -0.4 is 0 Å². The van der Waals surface area contributed by atoms with Crippen molar-refractivity contribution in [2.45, 2.75) is 123 Å². The van der Waals surface area contributed by atoms with Crippen LogP contribution in [0.1, 0.15) is 86.5 Å². The molecule has 0 saturated heterocycles. The van der Waals surface area contributed by atoms with E-state index in [0.717, 1.165) is 44.9 Å². The number of carbonyl (C=O) groups is 2. The standard InChI is InChI=1S/C28H46O5Si/c1-17(29)31-24-16-19-15-20(33-34(7,8)27(3,4)5)9-10-21(19)22-13-14-28(6)23(26(22)24)11-12-25(28)32-18(2)30/h16,20-26H,9-15H2,1-8H3/t20-,21?,22?,23?,24-,25-,26?,28-/m0/s1. The van der Waals surface area contributed by atoms with Crippen LogP contribution in [0.3, 0.4) is 0 Å². The van der Waals surface area contributed by atoms with E-state index >= 15 is 0 Å². The van der Waals surface area contributed by atoms with E-state index in [-0.39, 0.29) is 40.7 Å². The molecule has 0 bridgehead atoms. The van der Waals surface area contributed by atoms with E-state index in [0.29, 0.717) is 23.7 Å². The summed E-state index contributed by atoms with van der Waals surface area (Å²) < 4.78 is 18.6. The maximum Gasteiger partial charge on any atom is 0.303 e. The number of carbonyl (C=O) groups excluding carboxylic acids is 2. The molecule has 0 amide bonds. The molecule has 0 N–H and O–H groups in total. The van der Waals surface area contributed by atoms with Crippen molar-refractivity contribution in [1.29, 1.82) is 0 Å². The van der Waals surface area contributed by atoms with Crippen LogP contribution in [0.25, 0.3) is 0 Å². The molecule has 0 radical (unpaired) electrons. The lowest BCUT2D eigenvalue weighted by atomic mass is 9.52. The van der Waals surface area contributed by atoms with Crippen LogP contribution in [-0.4, -0.2) is 38.6 Å². The maximum absolute atomic E-state index is 12.2. The quantitative estimate of drug-likeness (QED) is 0.258. The summed E-state index contributed by atoms with van der Waals surface area (Å²) >= 11 is 0. The molecule has 5 nitrogen and oxygen atoms in total. The number of fused-ring (bicyclic) bond motifs is 5. The number of hydrogen-bond donors (Lipinski definition) is 0. The predicted octanol–water partition coefficient (Wildman–Crippen LogP) is 6.42. The highest BCUT2D eigenvalue weighted by molar-refractivity contribution is 6.74. The molecule has 0 aromatic heterocycles. The van der Waals surface area contributed by atoms with Crippen molar-refractivity contribution in [2.75, 3.05) is 0 Å². The van der Waals surface area contributed by atoms with E-state index in [2.05, 4.69) is 46.9 Å². The van der Waals surface area contributed by atoms with Gasteiger partial charge in [0.05, 0.1) is 0 Å². The molecule has 192 valence electrons. The lowest BCUT2D eigenvalue weighted by Gasteiger charge is -2.55. The number of esters is 2. The van der Waals surface area contributed by atoms with Gasteiger partial charge in [-0.3, -0.25) is 9.59 Å². The normalized spacial score (nSPS) is 39.9. The molecule has 4 aliphatic carbocycles. The van der Waals surface area contributed by atoms with Crippen LogP contribution in [0, 0.1) is 29.1 Å². The first-order valence-corrected chi connectivity index (χ1v) is 16.4. The van der Waals surface area contributed by atoms with Crippen LogP contribution in [0.15, 0.2) is 11.6 Å². The van der Waals surface area contributed by atoms with E-state index in [1.165, 1.54) is 19.4 Å². The fourth-order valence-corrected chi connectivity index (χ4v) is 8.97. The molecule has 6 heteroatoms. The third kappa shape index (κ3) is 4.66. The SMILES string of the molecule is CC(=O)O[C@H]1C=C2C[C@@H](O[Si](C)(C)C(C)(C)C)CCC2C2CC[C@@]3(C)C(CC[C@@H]3OC(C)=O)C21. The van der Waals surface area contributed by atoms with Crippen LogP contribution in [0.5, 0.6) is 0 Å².